The van der Waals surface area contributed by atoms with E-state index in [0.29, 0.717) is 0 Å². The Morgan fingerprint density at radius 3 is 2.35 bits per heavy atom. The van der Waals surface area contributed by atoms with Gasteiger partial charge in [0.15, 0.2) is 0 Å². The first kappa shape index (κ1) is 14.9. The third-order valence-corrected chi connectivity index (χ3v) is 5.29. The Morgan fingerprint density at radius 2 is 1.94 bits per heavy atom. The van der Waals surface area contributed by atoms with Crippen LogP contribution in [-0.2, 0) is 15.5 Å². The fourth-order valence-electron chi connectivity index (χ4n) is 0.902. The summed E-state index contributed by atoms with van der Waals surface area (Å²) in [6.07, 6.45) is 1.65. The summed E-state index contributed by atoms with van der Waals surface area (Å²) in [5.41, 5.74) is -1.61. The van der Waals surface area contributed by atoms with Crippen molar-refractivity contribution in [2.75, 3.05) is 6.26 Å². The second kappa shape index (κ2) is 5.22. The van der Waals surface area contributed by atoms with Crippen molar-refractivity contribution in [2.24, 2.45) is 0 Å². The molecule has 0 aliphatic heterocycles. The molecule has 1 aromatic rings. The van der Waals surface area contributed by atoms with Crippen LogP contribution in [0.15, 0.2) is 16.3 Å². The molecule has 0 aromatic carbocycles. The van der Waals surface area contributed by atoms with Crippen molar-refractivity contribution in [1.29, 1.82) is 0 Å². The molecular formula is C11H18BO3S2. The predicted molar refractivity (Wildman–Crippen MR) is 73.5 cm³/mol. The molecule has 95 valence electrons. The first-order valence-electron chi connectivity index (χ1n) is 5.30. The van der Waals surface area contributed by atoms with Crippen LogP contribution < -0.4 is 4.78 Å². The van der Waals surface area contributed by atoms with Crippen molar-refractivity contribution < 1.29 is 14.0 Å². The molecule has 1 aromatic heterocycles. The minimum absolute atomic E-state index is 0.678. The first-order valence-corrected chi connectivity index (χ1v) is 7.67. The highest BCUT2D eigenvalue weighted by Gasteiger charge is 2.35. The molecule has 0 saturated carbocycles. The van der Waals surface area contributed by atoms with Crippen LogP contribution >= 0.6 is 11.3 Å². The lowest BCUT2D eigenvalue weighted by Gasteiger charge is -2.37. The molecular weight excluding hydrogens is 255 g/mol. The fourth-order valence-corrected chi connectivity index (χ4v) is 2.52. The molecule has 0 amide bonds. The molecule has 1 N–H and O–H groups in total. The van der Waals surface area contributed by atoms with E-state index in [1.165, 1.54) is 11.3 Å². The summed E-state index contributed by atoms with van der Waals surface area (Å²) in [6, 6.07) is 3.69. The van der Waals surface area contributed by atoms with E-state index in [2.05, 4.69) is 0 Å². The van der Waals surface area contributed by atoms with Crippen molar-refractivity contribution in [3.05, 3.63) is 12.1 Å². The molecule has 17 heavy (non-hydrogen) atoms. The summed E-state index contributed by atoms with van der Waals surface area (Å²) in [5, 5.41) is 9.93. The highest BCUT2D eigenvalue weighted by atomic mass is 32.2. The highest BCUT2D eigenvalue weighted by Crippen LogP contribution is 2.24. The zero-order valence-electron chi connectivity index (χ0n) is 10.8. The van der Waals surface area contributed by atoms with Crippen LogP contribution in [0.1, 0.15) is 27.7 Å². The number of hydrogen-bond acceptors (Lipinski definition) is 4. The van der Waals surface area contributed by atoms with Gasteiger partial charge in [-0.1, -0.05) is 6.07 Å². The van der Waals surface area contributed by atoms with Gasteiger partial charge in [0.25, 0.3) is 0 Å². The molecule has 1 radical (unpaired) electrons. The molecule has 0 bridgehead atoms. The Hall–Kier alpha value is -0.165. The van der Waals surface area contributed by atoms with Crippen molar-refractivity contribution in [1.82, 2.24) is 0 Å². The third kappa shape index (κ3) is 3.91. The topological polar surface area (TPSA) is 46.5 Å². The fraction of sp³-hybridized carbons (Fsp3) is 0.636. The van der Waals surface area contributed by atoms with E-state index < -0.39 is 22.0 Å². The smallest absolute Gasteiger partial charge is 0.341 e. The molecule has 1 unspecified atom stereocenters. The lowest BCUT2D eigenvalue weighted by atomic mass is 9.86. The van der Waals surface area contributed by atoms with Gasteiger partial charge >= 0.3 is 7.48 Å². The average Bonchev–Trinajstić information content (AvgIpc) is 2.61. The summed E-state index contributed by atoms with van der Waals surface area (Å²) < 4.78 is 18.6. The number of hydrogen-bond donors (Lipinski definition) is 1. The SMILES string of the molecule is CS(=O)c1ccc([B]OC(C)(C)C(C)(C)O)s1. The van der Waals surface area contributed by atoms with Crippen LogP contribution in [0.5, 0.6) is 0 Å². The van der Waals surface area contributed by atoms with Crippen molar-refractivity contribution in [2.45, 2.75) is 43.1 Å². The molecule has 1 rings (SSSR count). The lowest BCUT2D eigenvalue weighted by molar-refractivity contribution is -0.0892. The summed E-state index contributed by atoms with van der Waals surface area (Å²) in [6.45, 7) is 7.08. The molecule has 3 nitrogen and oxygen atoms in total. The first-order chi connectivity index (χ1) is 7.63. The van der Waals surface area contributed by atoms with Gasteiger partial charge in [-0.25, -0.2) is 0 Å². The Morgan fingerprint density at radius 1 is 1.35 bits per heavy atom. The van der Waals surface area contributed by atoms with Crippen molar-refractivity contribution in [3.8, 4) is 0 Å². The van der Waals surface area contributed by atoms with E-state index in [4.69, 9.17) is 4.65 Å². The Labute approximate surface area is 110 Å². The van der Waals surface area contributed by atoms with Gasteiger partial charge in [-0.05, 0) is 33.8 Å². The minimum atomic E-state index is -0.956. The Kier molecular flexibility index (Phi) is 4.57. The van der Waals surface area contributed by atoms with E-state index >= 15 is 0 Å². The van der Waals surface area contributed by atoms with Gasteiger partial charge in [0.05, 0.1) is 26.2 Å². The largest absolute Gasteiger partial charge is 0.426 e. The van der Waals surface area contributed by atoms with Crippen LogP contribution in [-0.4, -0.2) is 34.3 Å². The van der Waals surface area contributed by atoms with E-state index in [9.17, 15) is 9.32 Å². The van der Waals surface area contributed by atoms with Crippen LogP contribution in [0, 0.1) is 0 Å². The molecule has 0 aliphatic carbocycles. The molecule has 0 saturated heterocycles. The second-order valence-corrected chi connectivity index (χ2v) is 7.64. The monoisotopic (exact) mass is 273 g/mol. The quantitative estimate of drug-likeness (QED) is 0.822. The number of rotatable bonds is 5. The van der Waals surface area contributed by atoms with E-state index in [0.717, 1.165) is 8.99 Å². The minimum Gasteiger partial charge on any atom is -0.426 e. The third-order valence-electron chi connectivity index (χ3n) is 2.83. The maximum Gasteiger partial charge on any atom is 0.341 e. The van der Waals surface area contributed by atoms with Gasteiger partial charge < -0.3 is 9.76 Å². The predicted octanol–water partition coefficient (Wildman–Crippen LogP) is 1.30. The van der Waals surface area contributed by atoms with E-state index in [1.807, 2.05) is 26.0 Å². The van der Waals surface area contributed by atoms with Gasteiger partial charge in [0, 0.05) is 11.0 Å². The lowest BCUT2D eigenvalue weighted by Crippen LogP contribution is -2.49. The molecule has 0 fully saturated rings. The summed E-state index contributed by atoms with van der Waals surface area (Å²) in [4.78, 5) is 0. The molecule has 0 spiro atoms. The van der Waals surface area contributed by atoms with E-state index in [1.54, 1.807) is 27.6 Å². The second-order valence-electron chi connectivity index (χ2n) is 4.92. The Balaban J connectivity index is 2.64. The van der Waals surface area contributed by atoms with Crippen LogP contribution in [0.2, 0.25) is 0 Å². The van der Waals surface area contributed by atoms with Crippen LogP contribution in [0.4, 0.5) is 0 Å². The Bertz CT molecular complexity index is 407. The van der Waals surface area contributed by atoms with Gasteiger partial charge in [-0.3, -0.25) is 4.21 Å². The van der Waals surface area contributed by atoms with Gasteiger partial charge in [0.2, 0.25) is 0 Å². The zero-order valence-corrected chi connectivity index (χ0v) is 12.4. The summed E-state index contributed by atoms with van der Waals surface area (Å²) in [7, 11) is 0.654. The molecule has 0 aliphatic rings. The maximum absolute atomic E-state index is 11.2. The highest BCUT2D eigenvalue weighted by molar-refractivity contribution is 7.86. The van der Waals surface area contributed by atoms with Crippen LogP contribution in [0.3, 0.4) is 0 Å². The van der Waals surface area contributed by atoms with Gasteiger partial charge in [-0.2, -0.15) is 0 Å². The summed E-state index contributed by atoms with van der Waals surface area (Å²) >= 11 is 1.43. The molecule has 6 heteroatoms. The number of aliphatic hydroxyl groups is 1. The van der Waals surface area contributed by atoms with Crippen molar-refractivity contribution in [3.63, 3.8) is 0 Å². The standard InChI is InChI=1S/C11H18BO3S2/c1-10(2,13)11(3,4)15-12-8-6-7-9(16-8)17(5)14/h6-7,13H,1-5H3. The van der Waals surface area contributed by atoms with Gasteiger partial charge in [0.1, 0.15) is 0 Å². The van der Waals surface area contributed by atoms with E-state index in [-0.39, 0.29) is 0 Å². The molecule has 1 heterocycles. The zero-order chi connectivity index (χ0) is 13.3. The molecule has 1 atom stereocenters. The van der Waals surface area contributed by atoms with Crippen LogP contribution in [0.25, 0.3) is 0 Å². The van der Waals surface area contributed by atoms with Crippen molar-refractivity contribution >= 4 is 34.4 Å². The summed E-state index contributed by atoms with van der Waals surface area (Å²) in [5.74, 6) is 0. The number of thiophene rings is 1. The van der Waals surface area contributed by atoms with Gasteiger partial charge in [-0.15, -0.1) is 11.3 Å². The normalized spacial score (nSPS) is 14.7. The maximum atomic E-state index is 11.2. The average molecular weight is 273 g/mol.